The summed E-state index contributed by atoms with van der Waals surface area (Å²) in [5.41, 5.74) is 7.29. The van der Waals surface area contributed by atoms with Gasteiger partial charge in [0.15, 0.2) is 5.17 Å². The molecule has 1 aliphatic rings. The van der Waals surface area contributed by atoms with Gasteiger partial charge in [0.25, 0.3) is 5.84 Å². The number of aliphatic imine (C=N–C) groups is 2. The summed E-state index contributed by atoms with van der Waals surface area (Å²) in [6.45, 7) is 3.82. The van der Waals surface area contributed by atoms with E-state index in [1.165, 1.54) is 24.7 Å². The van der Waals surface area contributed by atoms with Crippen LogP contribution in [-0.2, 0) is 4.79 Å². The van der Waals surface area contributed by atoms with Gasteiger partial charge in [0.1, 0.15) is 11.4 Å². The maximum absolute atomic E-state index is 13.1. The number of nitrogens with zero attached hydrogens (tertiary/aromatic N) is 4. The molecule has 0 atom stereocenters. The van der Waals surface area contributed by atoms with Gasteiger partial charge >= 0.3 is 18.3 Å². The van der Waals surface area contributed by atoms with E-state index in [1.807, 2.05) is 32.0 Å². The topological polar surface area (TPSA) is 98.6 Å². The number of nitrogens with one attached hydrogen (secondary N) is 1. The molecule has 0 aliphatic carbocycles. The first kappa shape index (κ1) is 30.4. The highest BCUT2D eigenvalue weighted by Gasteiger charge is 2.61. The molecule has 0 saturated carbocycles. The van der Waals surface area contributed by atoms with E-state index in [0.29, 0.717) is 27.8 Å². The Morgan fingerprint density at radius 2 is 1.67 bits per heavy atom. The second kappa shape index (κ2) is 12.5. The number of alkyl halides is 5. The summed E-state index contributed by atoms with van der Waals surface area (Å²) in [7, 11) is 0. The molecular weight excluding hydrogens is 581 g/mol. The number of thioether (sulfide) groups is 1. The molecule has 1 heterocycles. The van der Waals surface area contributed by atoms with Crippen LogP contribution in [-0.4, -0.2) is 57.2 Å². The van der Waals surface area contributed by atoms with Crippen molar-refractivity contribution in [2.75, 3.05) is 5.75 Å². The van der Waals surface area contributed by atoms with Crippen molar-refractivity contribution in [2.24, 2.45) is 15.1 Å². The highest BCUT2D eigenvalue weighted by Crippen LogP contribution is 2.37. The molecule has 1 aliphatic heterocycles. The molecule has 0 saturated heterocycles. The molecule has 0 radical (unpaired) electrons. The number of amidine groups is 2. The van der Waals surface area contributed by atoms with Crippen molar-refractivity contribution in [3.63, 3.8) is 0 Å². The summed E-state index contributed by atoms with van der Waals surface area (Å²) in [5.74, 6) is -1.31. The monoisotopic (exact) mass is 604 g/mol. The maximum Gasteiger partial charge on any atom is 0.499 e. The van der Waals surface area contributed by atoms with Crippen molar-refractivity contribution in [3.8, 4) is 5.75 Å². The first-order valence-corrected chi connectivity index (χ1v) is 13.2. The number of hydrogen-bond donors (Lipinski definition) is 2. The molecular formula is C28H23F5N5O3S+. The molecule has 0 spiro atoms. The highest BCUT2D eigenvalue weighted by atomic mass is 32.2. The predicted molar refractivity (Wildman–Crippen MR) is 151 cm³/mol. The van der Waals surface area contributed by atoms with Crippen LogP contribution in [0.1, 0.15) is 22.3 Å². The van der Waals surface area contributed by atoms with Crippen LogP contribution < -0.4 is 10.2 Å². The minimum absolute atomic E-state index is 0.202. The first-order chi connectivity index (χ1) is 19.8. The van der Waals surface area contributed by atoms with Gasteiger partial charge in [0.05, 0.1) is 23.2 Å². The third kappa shape index (κ3) is 7.37. The van der Waals surface area contributed by atoms with Crippen molar-refractivity contribution in [1.82, 2.24) is 5.43 Å². The molecule has 218 valence electrons. The zero-order chi connectivity index (χ0) is 30.5. The van der Waals surface area contributed by atoms with E-state index in [4.69, 9.17) is 5.11 Å². The number of carboxylic acid groups (broad SMARTS) is 1. The van der Waals surface area contributed by atoms with Crippen LogP contribution in [0.5, 0.6) is 5.75 Å². The van der Waals surface area contributed by atoms with Crippen LogP contribution in [0.4, 0.5) is 33.3 Å². The van der Waals surface area contributed by atoms with Crippen molar-refractivity contribution in [2.45, 2.75) is 26.1 Å². The Labute approximate surface area is 241 Å². The molecule has 0 bridgehead atoms. The van der Waals surface area contributed by atoms with Gasteiger partial charge in [-0.3, -0.25) is 10.2 Å². The molecule has 42 heavy (non-hydrogen) atoms. The molecule has 4 rings (SSSR count). The lowest BCUT2D eigenvalue weighted by molar-refractivity contribution is -0.360. The molecule has 3 aromatic carbocycles. The minimum atomic E-state index is -5.83. The number of para-hydroxylation sites is 1. The van der Waals surface area contributed by atoms with Gasteiger partial charge in [-0.25, -0.2) is 4.99 Å². The molecule has 14 heteroatoms. The van der Waals surface area contributed by atoms with Crippen LogP contribution in [0.2, 0.25) is 0 Å². The van der Waals surface area contributed by atoms with Gasteiger partial charge in [0.2, 0.25) is 6.34 Å². The zero-order valence-electron chi connectivity index (χ0n) is 22.1. The summed E-state index contributed by atoms with van der Waals surface area (Å²) >= 11 is 1.00. The van der Waals surface area contributed by atoms with Crippen molar-refractivity contribution in [1.29, 1.82) is 0 Å². The Morgan fingerprint density at radius 3 is 2.21 bits per heavy atom. The van der Waals surface area contributed by atoms with E-state index >= 15 is 0 Å². The predicted octanol–water partition coefficient (Wildman–Crippen LogP) is 6.40. The molecule has 0 amide bonds. The normalized spacial score (nSPS) is 13.8. The second-order valence-electron chi connectivity index (χ2n) is 8.88. The fraction of sp³-hybridized carbons (Fsp3) is 0.179. The minimum Gasteiger partial charge on any atom is -0.481 e. The van der Waals surface area contributed by atoms with Crippen molar-refractivity contribution < 1.29 is 41.2 Å². The SMILES string of the molecule is Cc1cccc(C)c1N=C(N/N=C\c1ccc(C2=[N+](c3ccc(OC(F)(F)C(F)(F)F)cc3)C=N2)cc1)SCC(=O)O. The van der Waals surface area contributed by atoms with Gasteiger partial charge in [-0.15, -0.1) is 0 Å². The summed E-state index contributed by atoms with van der Waals surface area (Å²) in [6, 6.07) is 17.5. The molecule has 0 unspecified atom stereocenters. The van der Waals surface area contributed by atoms with Crippen LogP contribution in [0, 0.1) is 13.8 Å². The second-order valence-corrected chi connectivity index (χ2v) is 9.84. The lowest BCUT2D eigenvalue weighted by Gasteiger charge is -2.20. The Bertz CT molecular complexity index is 1560. The molecule has 3 aromatic rings. The Morgan fingerprint density at radius 1 is 1.02 bits per heavy atom. The van der Waals surface area contributed by atoms with E-state index < -0.39 is 24.0 Å². The fourth-order valence-electron chi connectivity index (χ4n) is 3.64. The Hall–Kier alpha value is -4.59. The number of carbonyl (C=O) groups is 1. The number of halogens is 5. The molecule has 0 fully saturated rings. The van der Waals surface area contributed by atoms with E-state index in [-0.39, 0.29) is 5.75 Å². The van der Waals surface area contributed by atoms with Crippen LogP contribution in [0.15, 0.2) is 81.8 Å². The zero-order valence-corrected chi connectivity index (χ0v) is 22.9. The van der Waals surface area contributed by atoms with E-state index in [2.05, 4.69) is 25.2 Å². The van der Waals surface area contributed by atoms with E-state index in [0.717, 1.165) is 40.7 Å². The van der Waals surface area contributed by atoms with Gasteiger partial charge < -0.3 is 9.84 Å². The molecule has 2 N–H and O–H groups in total. The summed E-state index contributed by atoms with van der Waals surface area (Å²) in [4.78, 5) is 19.9. The lowest BCUT2D eigenvalue weighted by Crippen LogP contribution is -2.41. The van der Waals surface area contributed by atoms with Gasteiger partial charge in [0, 0.05) is 0 Å². The molecule has 0 aromatic heterocycles. The van der Waals surface area contributed by atoms with E-state index in [1.54, 1.807) is 28.8 Å². The third-order valence-electron chi connectivity index (χ3n) is 5.74. The third-order valence-corrected chi connectivity index (χ3v) is 6.59. The van der Waals surface area contributed by atoms with Crippen LogP contribution in [0.25, 0.3) is 0 Å². The summed E-state index contributed by atoms with van der Waals surface area (Å²) < 4.78 is 68.9. The van der Waals surface area contributed by atoms with E-state index in [9.17, 15) is 26.7 Å². The molecule has 8 nitrogen and oxygen atoms in total. The standard InChI is InChI=1S/C28H22F5N5O3S/c1-17-4-3-5-18(2)24(17)36-26(42-15-23(39)40)37-35-14-19-6-8-20(9-7-19)25-34-16-38(25)21-10-12-22(13-11-21)41-28(32,33)27(29,30)31/h3-14,16H,15H2,1-2H3,(H,39,40)/p+1. The first-order valence-electron chi connectivity index (χ1n) is 12.2. The average Bonchev–Trinajstić information content (AvgIpc) is 2.89. The number of ether oxygens (including phenoxy) is 1. The smallest absolute Gasteiger partial charge is 0.481 e. The van der Waals surface area contributed by atoms with Crippen LogP contribution in [0.3, 0.4) is 0 Å². The van der Waals surface area contributed by atoms with Crippen molar-refractivity contribution in [3.05, 3.63) is 89.0 Å². The average molecular weight is 605 g/mol. The Balaban J connectivity index is 1.44. The highest BCUT2D eigenvalue weighted by molar-refractivity contribution is 8.14. The number of carboxylic acids is 1. The van der Waals surface area contributed by atoms with Gasteiger partial charge in [-0.1, -0.05) is 47.1 Å². The number of aliphatic carboxylic acids is 1. The number of hydrogen-bond acceptors (Lipinski definition) is 6. The largest absolute Gasteiger partial charge is 0.499 e. The quantitative estimate of drug-likeness (QED) is 0.0969. The van der Waals surface area contributed by atoms with Crippen LogP contribution >= 0.6 is 11.8 Å². The maximum atomic E-state index is 13.1. The van der Waals surface area contributed by atoms with Crippen molar-refractivity contribution >= 4 is 52.7 Å². The number of benzene rings is 3. The number of hydrazone groups is 1. The van der Waals surface area contributed by atoms with Gasteiger partial charge in [-0.2, -0.15) is 31.6 Å². The lowest BCUT2D eigenvalue weighted by atomic mass is 10.1. The van der Waals surface area contributed by atoms with Gasteiger partial charge in [-0.05, 0) is 66.9 Å². The summed E-state index contributed by atoms with van der Waals surface area (Å²) in [6.07, 6.45) is -8.14. The Kier molecular flexibility index (Phi) is 9.05. The summed E-state index contributed by atoms with van der Waals surface area (Å²) in [5, 5.41) is 13.6. The number of rotatable bonds is 9. The number of aryl methyl sites for hydroxylation is 2. The fourth-order valence-corrected chi connectivity index (χ4v) is 4.17.